The molecule has 0 radical (unpaired) electrons. The first-order valence-corrected chi connectivity index (χ1v) is 5.07. The van der Waals surface area contributed by atoms with E-state index in [-0.39, 0.29) is 17.1 Å². The molecule has 0 heterocycles. The van der Waals surface area contributed by atoms with Crippen molar-refractivity contribution >= 4 is 17.7 Å². The van der Waals surface area contributed by atoms with E-state index in [9.17, 15) is 4.79 Å². The van der Waals surface area contributed by atoms with Crippen molar-refractivity contribution in [2.24, 2.45) is 0 Å². The van der Waals surface area contributed by atoms with E-state index in [0.717, 1.165) is 11.8 Å². The lowest BCUT2D eigenvalue weighted by molar-refractivity contribution is -0.158. The van der Waals surface area contributed by atoms with Gasteiger partial charge in [-0.15, -0.1) is 0 Å². The van der Waals surface area contributed by atoms with Crippen LogP contribution in [0.4, 0.5) is 0 Å². The van der Waals surface area contributed by atoms with Gasteiger partial charge in [-0.2, -0.15) is 11.8 Å². The number of hydrogen-bond acceptors (Lipinski definition) is 6. The lowest BCUT2D eigenvalue weighted by Crippen LogP contribution is -2.21. The number of aliphatic hydroxyl groups is 3. The molecule has 0 amide bonds. The standard InChI is InChI=1S/C8H14O5S/c1-5(2)8(12)13-7(11)4-14-3-6(9)10/h6-7,9-11H,1,3-4H2,2H3. The first kappa shape index (κ1) is 13.4. The van der Waals surface area contributed by atoms with Gasteiger partial charge in [0.1, 0.15) is 0 Å². The van der Waals surface area contributed by atoms with Gasteiger partial charge in [0.05, 0.1) is 5.75 Å². The summed E-state index contributed by atoms with van der Waals surface area (Å²) in [6.45, 7) is 4.82. The van der Waals surface area contributed by atoms with E-state index >= 15 is 0 Å². The molecule has 5 nitrogen and oxygen atoms in total. The van der Waals surface area contributed by atoms with Gasteiger partial charge in [0.15, 0.2) is 6.29 Å². The van der Waals surface area contributed by atoms with Crippen LogP contribution in [0.2, 0.25) is 0 Å². The minimum Gasteiger partial charge on any atom is -0.432 e. The van der Waals surface area contributed by atoms with Crippen LogP contribution >= 0.6 is 11.8 Å². The maximum Gasteiger partial charge on any atom is 0.335 e. The molecule has 0 aliphatic heterocycles. The summed E-state index contributed by atoms with van der Waals surface area (Å²) < 4.78 is 4.53. The predicted octanol–water partition coefficient (Wildman–Crippen LogP) is -0.532. The molecule has 0 aromatic carbocycles. The molecule has 6 heteroatoms. The minimum absolute atomic E-state index is 0.0572. The Morgan fingerprint density at radius 1 is 1.43 bits per heavy atom. The van der Waals surface area contributed by atoms with Crippen molar-refractivity contribution in [1.29, 1.82) is 0 Å². The highest BCUT2D eigenvalue weighted by molar-refractivity contribution is 7.99. The topological polar surface area (TPSA) is 87.0 Å². The molecule has 0 aliphatic rings. The van der Waals surface area contributed by atoms with Gasteiger partial charge in [-0.25, -0.2) is 4.79 Å². The van der Waals surface area contributed by atoms with Gasteiger partial charge in [0.2, 0.25) is 6.29 Å². The normalized spacial score (nSPS) is 12.6. The number of ether oxygens (including phenoxy) is 1. The van der Waals surface area contributed by atoms with E-state index in [1.807, 2.05) is 0 Å². The summed E-state index contributed by atoms with van der Waals surface area (Å²) in [6, 6.07) is 0. The molecule has 14 heavy (non-hydrogen) atoms. The molecule has 0 saturated heterocycles. The summed E-state index contributed by atoms with van der Waals surface area (Å²) in [5, 5.41) is 26.0. The van der Waals surface area contributed by atoms with Gasteiger partial charge >= 0.3 is 5.97 Å². The number of aliphatic hydroxyl groups excluding tert-OH is 2. The molecule has 0 bridgehead atoms. The van der Waals surface area contributed by atoms with Crippen LogP contribution in [0.1, 0.15) is 6.92 Å². The Morgan fingerprint density at radius 3 is 2.43 bits per heavy atom. The summed E-state index contributed by atoms with van der Waals surface area (Å²) in [7, 11) is 0. The summed E-state index contributed by atoms with van der Waals surface area (Å²) in [5.74, 6) is -0.513. The van der Waals surface area contributed by atoms with Crippen molar-refractivity contribution < 1.29 is 24.9 Å². The molecule has 0 spiro atoms. The van der Waals surface area contributed by atoms with Crippen molar-refractivity contribution in [2.45, 2.75) is 19.5 Å². The van der Waals surface area contributed by atoms with Crippen LogP contribution in [-0.2, 0) is 9.53 Å². The van der Waals surface area contributed by atoms with Crippen LogP contribution < -0.4 is 0 Å². The van der Waals surface area contributed by atoms with Crippen molar-refractivity contribution in [3.8, 4) is 0 Å². The van der Waals surface area contributed by atoms with Crippen LogP contribution in [0.3, 0.4) is 0 Å². The quantitative estimate of drug-likeness (QED) is 0.318. The first-order valence-electron chi connectivity index (χ1n) is 3.92. The van der Waals surface area contributed by atoms with Crippen LogP contribution in [0, 0.1) is 0 Å². The van der Waals surface area contributed by atoms with Crippen molar-refractivity contribution in [3.63, 3.8) is 0 Å². The third kappa shape index (κ3) is 6.90. The molecule has 1 unspecified atom stereocenters. The van der Waals surface area contributed by atoms with Crippen LogP contribution in [-0.4, -0.2) is 45.4 Å². The van der Waals surface area contributed by atoms with E-state index in [4.69, 9.17) is 15.3 Å². The number of hydrogen-bond donors (Lipinski definition) is 3. The molecular weight excluding hydrogens is 208 g/mol. The molecule has 0 aromatic heterocycles. The van der Waals surface area contributed by atoms with Crippen LogP contribution in [0.25, 0.3) is 0 Å². The third-order valence-electron chi connectivity index (χ3n) is 1.12. The average molecular weight is 222 g/mol. The second-order valence-corrected chi connectivity index (χ2v) is 3.73. The van der Waals surface area contributed by atoms with Crippen LogP contribution in [0.15, 0.2) is 12.2 Å². The SMILES string of the molecule is C=C(C)C(=O)OC(O)CSCC(O)O. The summed E-state index contributed by atoms with van der Waals surface area (Å²) in [5.41, 5.74) is 0.205. The van der Waals surface area contributed by atoms with Crippen LogP contribution in [0.5, 0.6) is 0 Å². The largest absolute Gasteiger partial charge is 0.432 e. The lowest BCUT2D eigenvalue weighted by Gasteiger charge is -2.11. The van der Waals surface area contributed by atoms with Gasteiger partial charge < -0.3 is 20.1 Å². The summed E-state index contributed by atoms with van der Waals surface area (Å²) in [6.07, 6.45) is -2.67. The molecule has 1 atom stereocenters. The zero-order valence-electron chi connectivity index (χ0n) is 7.84. The first-order chi connectivity index (χ1) is 6.43. The van der Waals surface area contributed by atoms with Gasteiger partial charge in [-0.1, -0.05) is 6.58 Å². The van der Waals surface area contributed by atoms with E-state index in [1.54, 1.807) is 0 Å². The summed E-state index contributed by atoms with van der Waals surface area (Å²) >= 11 is 1.07. The van der Waals surface area contributed by atoms with Crippen molar-refractivity contribution in [1.82, 2.24) is 0 Å². The Hall–Kier alpha value is -0.560. The molecule has 0 saturated carbocycles. The van der Waals surface area contributed by atoms with Gasteiger partial charge in [-0.05, 0) is 6.92 Å². The smallest absolute Gasteiger partial charge is 0.335 e. The second-order valence-electron chi connectivity index (χ2n) is 2.66. The Labute approximate surface area is 86.4 Å². The number of esters is 1. The summed E-state index contributed by atoms with van der Waals surface area (Å²) in [4.78, 5) is 10.9. The molecule has 82 valence electrons. The number of thioether (sulfide) groups is 1. The molecule has 0 aromatic rings. The minimum atomic E-state index is -1.43. The van der Waals surface area contributed by atoms with E-state index in [0.29, 0.717) is 0 Å². The van der Waals surface area contributed by atoms with Gasteiger partial charge in [0, 0.05) is 11.3 Å². The predicted molar refractivity (Wildman–Crippen MR) is 52.5 cm³/mol. The molecule has 0 rings (SSSR count). The molecule has 0 fully saturated rings. The number of rotatable bonds is 6. The molecule has 3 N–H and O–H groups in total. The Morgan fingerprint density at radius 2 is 2.00 bits per heavy atom. The maximum absolute atomic E-state index is 10.9. The average Bonchev–Trinajstić information content (AvgIpc) is 2.02. The third-order valence-corrected chi connectivity index (χ3v) is 2.17. The monoisotopic (exact) mass is 222 g/mol. The van der Waals surface area contributed by atoms with E-state index in [2.05, 4.69) is 11.3 Å². The highest BCUT2D eigenvalue weighted by Gasteiger charge is 2.11. The zero-order valence-corrected chi connectivity index (χ0v) is 8.66. The number of carbonyl (C=O) groups is 1. The molecule has 0 aliphatic carbocycles. The van der Waals surface area contributed by atoms with Crippen molar-refractivity contribution in [2.75, 3.05) is 11.5 Å². The van der Waals surface area contributed by atoms with Crippen molar-refractivity contribution in [3.05, 3.63) is 12.2 Å². The Kier molecular flexibility index (Phi) is 6.56. The highest BCUT2D eigenvalue weighted by atomic mass is 32.2. The molecular formula is C8H14O5S. The van der Waals surface area contributed by atoms with E-state index in [1.165, 1.54) is 6.92 Å². The number of carbonyl (C=O) groups excluding carboxylic acids is 1. The lowest BCUT2D eigenvalue weighted by atomic mass is 10.4. The maximum atomic E-state index is 10.9. The fourth-order valence-corrected chi connectivity index (χ4v) is 1.15. The second kappa shape index (κ2) is 6.83. The van der Waals surface area contributed by atoms with Gasteiger partial charge in [-0.3, -0.25) is 0 Å². The Balaban J connectivity index is 3.60. The fourth-order valence-electron chi connectivity index (χ4n) is 0.532. The zero-order chi connectivity index (χ0) is 11.1. The Bertz CT molecular complexity index is 204. The van der Waals surface area contributed by atoms with E-state index < -0.39 is 18.5 Å². The highest BCUT2D eigenvalue weighted by Crippen LogP contribution is 2.06. The fraction of sp³-hybridized carbons (Fsp3) is 0.625. The van der Waals surface area contributed by atoms with Gasteiger partial charge in [0.25, 0.3) is 0 Å².